The van der Waals surface area contributed by atoms with Gasteiger partial charge in [0.25, 0.3) is 0 Å². The van der Waals surface area contributed by atoms with E-state index in [4.69, 9.17) is 14.5 Å². The molecule has 6 nitrogen and oxygen atoms in total. The summed E-state index contributed by atoms with van der Waals surface area (Å²) in [4.78, 5) is 24.0. The van der Waals surface area contributed by atoms with Gasteiger partial charge in [0.1, 0.15) is 18.6 Å². The average Bonchev–Trinajstić information content (AvgIpc) is 3.21. The standard InChI is InChI=1S/C19H17BrFN3O3S/c1-2-27-19(25)15-14-5-7-26-10-24(14)17(18-22-6-8-28-18)23-16(15)12-4-3-11(21)9-13(12)20/h3-4,6,8-9,16H,2,5,7,10H2,1H3. The molecule has 0 bridgehead atoms. The van der Waals surface area contributed by atoms with Crippen LogP contribution in [0.5, 0.6) is 0 Å². The van der Waals surface area contributed by atoms with Gasteiger partial charge in [0.2, 0.25) is 0 Å². The van der Waals surface area contributed by atoms with E-state index in [0.717, 1.165) is 10.7 Å². The largest absolute Gasteiger partial charge is 0.463 e. The molecule has 1 aromatic carbocycles. The van der Waals surface area contributed by atoms with Crippen LogP contribution in [-0.4, -0.2) is 41.6 Å². The van der Waals surface area contributed by atoms with E-state index < -0.39 is 12.0 Å². The van der Waals surface area contributed by atoms with Crippen LogP contribution in [0, 0.1) is 5.82 Å². The van der Waals surface area contributed by atoms with Gasteiger partial charge in [-0.15, -0.1) is 11.3 Å². The first-order valence-corrected chi connectivity index (χ1v) is 10.5. The van der Waals surface area contributed by atoms with Crippen molar-refractivity contribution in [1.29, 1.82) is 0 Å². The van der Waals surface area contributed by atoms with Gasteiger partial charge in [-0.3, -0.25) is 4.99 Å². The second-order valence-electron chi connectivity index (χ2n) is 6.15. The molecule has 0 radical (unpaired) electrons. The van der Waals surface area contributed by atoms with Gasteiger partial charge >= 0.3 is 5.97 Å². The van der Waals surface area contributed by atoms with Crippen LogP contribution in [0.2, 0.25) is 0 Å². The molecule has 28 heavy (non-hydrogen) atoms. The highest BCUT2D eigenvalue weighted by atomic mass is 79.9. The van der Waals surface area contributed by atoms with Gasteiger partial charge < -0.3 is 14.4 Å². The molecule has 2 aliphatic heterocycles. The zero-order valence-corrected chi connectivity index (χ0v) is 17.4. The highest BCUT2D eigenvalue weighted by Crippen LogP contribution is 2.41. The van der Waals surface area contributed by atoms with Gasteiger partial charge in [-0.25, -0.2) is 14.2 Å². The first-order valence-electron chi connectivity index (χ1n) is 8.78. The smallest absolute Gasteiger partial charge is 0.338 e. The molecule has 1 aromatic heterocycles. The third-order valence-corrected chi connectivity index (χ3v) is 5.95. The summed E-state index contributed by atoms with van der Waals surface area (Å²) in [6.45, 7) is 2.80. The molecular formula is C19H17BrFN3O3S. The van der Waals surface area contributed by atoms with Crippen molar-refractivity contribution in [3.8, 4) is 0 Å². The fourth-order valence-electron chi connectivity index (χ4n) is 3.31. The number of carbonyl (C=O) groups is 1. The van der Waals surface area contributed by atoms with Crippen molar-refractivity contribution in [2.75, 3.05) is 19.9 Å². The molecule has 2 aliphatic rings. The number of benzene rings is 1. The highest BCUT2D eigenvalue weighted by Gasteiger charge is 2.38. The molecule has 1 unspecified atom stereocenters. The molecule has 0 saturated carbocycles. The van der Waals surface area contributed by atoms with E-state index in [2.05, 4.69) is 20.9 Å². The van der Waals surface area contributed by atoms with Crippen LogP contribution in [0.25, 0.3) is 0 Å². The Morgan fingerprint density at radius 1 is 1.50 bits per heavy atom. The van der Waals surface area contributed by atoms with Gasteiger partial charge in [0, 0.05) is 28.2 Å². The summed E-state index contributed by atoms with van der Waals surface area (Å²) in [5, 5.41) is 2.60. The quantitative estimate of drug-likeness (QED) is 0.637. The molecule has 2 aromatic rings. The Balaban J connectivity index is 1.90. The summed E-state index contributed by atoms with van der Waals surface area (Å²) >= 11 is 4.88. The van der Waals surface area contributed by atoms with Gasteiger partial charge in [-0.05, 0) is 24.6 Å². The van der Waals surface area contributed by atoms with Crippen LogP contribution < -0.4 is 0 Å². The number of fused-ring (bicyclic) bond motifs is 1. The second-order valence-corrected chi connectivity index (χ2v) is 7.90. The van der Waals surface area contributed by atoms with E-state index in [1.165, 1.54) is 23.5 Å². The van der Waals surface area contributed by atoms with Crippen LogP contribution in [0.15, 0.2) is 50.5 Å². The number of carbonyl (C=O) groups excluding carboxylic acids is 1. The third kappa shape index (κ3) is 3.49. The predicted molar refractivity (Wildman–Crippen MR) is 106 cm³/mol. The molecular weight excluding hydrogens is 449 g/mol. The van der Waals surface area contributed by atoms with Crippen molar-refractivity contribution in [3.05, 3.63) is 61.9 Å². The lowest BCUT2D eigenvalue weighted by atomic mass is 9.93. The van der Waals surface area contributed by atoms with Crippen molar-refractivity contribution in [3.63, 3.8) is 0 Å². The molecule has 1 saturated heterocycles. The molecule has 146 valence electrons. The van der Waals surface area contributed by atoms with E-state index in [-0.39, 0.29) is 19.2 Å². The number of hydrogen-bond acceptors (Lipinski definition) is 7. The SMILES string of the molecule is CCOC(=O)C1=C2CCOCN2C(c2nccs2)=NC1c1ccc(F)cc1Br. The number of amidine groups is 1. The fourth-order valence-corrected chi connectivity index (χ4v) is 4.52. The summed E-state index contributed by atoms with van der Waals surface area (Å²) in [5.41, 5.74) is 1.96. The summed E-state index contributed by atoms with van der Waals surface area (Å²) in [6, 6.07) is 3.75. The van der Waals surface area contributed by atoms with E-state index in [1.54, 1.807) is 19.2 Å². The van der Waals surface area contributed by atoms with Gasteiger partial charge in [-0.1, -0.05) is 22.0 Å². The molecule has 4 rings (SSSR count). The van der Waals surface area contributed by atoms with Crippen molar-refractivity contribution in [1.82, 2.24) is 9.88 Å². The van der Waals surface area contributed by atoms with Gasteiger partial charge in [0.05, 0.1) is 18.8 Å². The zero-order chi connectivity index (χ0) is 19.7. The maximum absolute atomic E-state index is 13.7. The Bertz CT molecular complexity index is 961. The van der Waals surface area contributed by atoms with Crippen molar-refractivity contribution < 1.29 is 18.7 Å². The molecule has 0 spiro atoms. The predicted octanol–water partition coefficient (Wildman–Crippen LogP) is 4.04. The van der Waals surface area contributed by atoms with E-state index >= 15 is 0 Å². The number of nitrogens with zero attached hydrogens (tertiary/aromatic N) is 3. The Hall–Kier alpha value is -2.10. The number of ether oxygens (including phenoxy) is 2. The Morgan fingerprint density at radius 3 is 3.07 bits per heavy atom. The van der Waals surface area contributed by atoms with E-state index in [0.29, 0.717) is 34.5 Å². The second kappa shape index (κ2) is 8.10. The lowest BCUT2D eigenvalue weighted by molar-refractivity contribution is -0.139. The maximum atomic E-state index is 13.7. The number of thiazole rings is 1. The number of halogens is 2. The number of hydrogen-bond donors (Lipinski definition) is 0. The van der Waals surface area contributed by atoms with Crippen LogP contribution in [0.1, 0.15) is 30.0 Å². The summed E-state index contributed by atoms with van der Waals surface area (Å²) < 4.78 is 25.1. The molecule has 1 atom stereocenters. The van der Waals surface area contributed by atoms with E-state index in [1.807, 2.05) is 10.3 Å². The molecule has 9 heteroatoms. The number of aromatic nitrogens is 1. The molecule has 0 aliphatic carbocycles. The first-order chi connectivity index (χ1) is 13.6. The number of esters is 1. The van der Waals surface area contributed by atoms with E-state index in [9.17, 15) is 9.18 Å². The molecule has 1 fully saturated rings. The summed E-state index contributed by atoms with van der Waals surface area (Å²) in [5.74, 6) is -0.153. The highest BCUT2D eigenvalue weighted by molar-refractivity contribution is 9.10. The lowest BCUT2D eigenvalue weighted by Crippen LogP contribution is -2.42. The Morgan fingerprint density at radius 2 is 2.36 bits per heavy atom. The monoisotopic (exact) mass is 465 g/mol. The normalized spacial score (nSPS) is 19.3. The van der Waals surface area contributed by atoms with Crippen LogP contribution in [-0.2, 0) is 14.3 Å². The molecule has 3 heterocycles. The minimum Gasteiger partial charge on any atom is -0.463 e. The Kier molecular flexibility index (Phi) is 5.56. The molecule has 0 N–H and O–H groups in total. The maximum Gasteiger partial charge on any atom is 0.338 e. The van der Waals surface area contributed by atoms with Crippen molar-refractivity contribution in [2.24, 2.45) is 4.99 Å². The van der Waals surface area contributed by atoms with Crippen molar-refractivity contribution in [2.45, 2.75) is 19.4 Å². The number of aliphatic imine (C=N–C) groups is 1. The van der Waals surface area contributed by atoms with Gasteiger partial charge in [-0.2, -0.15) is 0 Å². The topological polar surface area (TPSA) is 64.0 Å². The van der Waals surface area contributed by atoms with Crippen LogP contribution >= 0.6 is 27.3 Å². The zero-order valence-electron chi connectivity index (χ0n) is 15.0. The average molecular weight is 466 g/mol. The Labute approximate surface area is 173 Å². The van der Waals surface area contributed by atoms with Crippen LogP contribution in [0.4, 0.5) is 4.39 Å². The third-order valence-electron chi connectivity index (χ3n) is 4.50. The summed E-state index contributed by atoms with van der Waals surface area (Å²) in [6.07, 6.45) is 2.26. The first kappa shape index (κ1) is 19.2. The van der Waals surface area contributed by atoms with Gasteiger partial charge in [0.15, 0.2) is 10.8 Å². The fraction of sp³-hybridized carbons (Fsp3) is 0.316. The summed E-state index contributed by atoms with van der Waals surface area (Å²) in [7, 11) is 0. The number of rotatable bonds is 4. The minimum atomic E-state index is -0.628. The van der Waals surface area contributed by atoms with Crippen LogP contribution in [0.3, 0.4) is 0 Å². The molecule has 0 amide bonds. The lowest BCUT2D eigenvalue weighted by Gasteiger charge is -2.38. The minimum absolute atomic E-state index is 0.256. The van der Waals surface area contributed by atoms with Crippen molar-refractivity contribution >= 4 is 39.1 Å².